The van der Waals surface area contributed by atoms with Gasteiger partial charge in [0, 0.05) is 35.7 Å². The zero-order valence-electron chi connectivity index (χ0n) is 10.1. The zero-order valence-corrected chi connectivity index (χ0v) is 10.9. The number of aryl methyl sites for hydroxylation is 1. The van der Waals surface area contributed by atoms with Gasteiger partial charge in [-0.05, 0) is 13.0 Å². The van der Waals surface area contributed by atoms with Crippen LogP contribution in [0.3, 0.4) is 0 Å². The molecule has 0 saturated carbocycles. The molecule has 0 bridgehead atoms. The lowest BCUT2D eigenvalue weighted by Gasteiger charge is -1.95. The minimum Gasteiger partial charge on any atom is -0.396 e. The van der Waals surface area contributed by atoms with Crippen molar-refractivity contribution in [3.8, 4) is 10.4 Å². The van der Waals surface area contributed by atoms with Crippen LogP contribution in [-0.2, 0) is 6.42 Å². The number of H-pyrrole nitrogens is 1. The van der Waals surface area contributed by atoms with Crippen LogP contribution in [0.5, 0.6) is 0 Å². The topological polar surface area (TPSA) is 48.9 Å². The Morgan fingerprint density at radius 3 is 3.00 bits per heavy atom. The molecule has 0 spiro atoms. The molecule has 3 aromatic rings. The second-order valence-electron chi connectivity index (χ2n) is 4.24. The van der Waals surface area contributed by atoms with E-state index >= 15 is 0 Å². The average Bonchev–Trinajstić information content (AvgIpc) is 2.93. The van der Waals surface area contributed by atoms with Gasteiger partial charge >= 0.3 is 0 Å². The summed E-state index contributed by atoms with van der Waals surface area (Å²) in [6, 6.07) is 8.26. The predicted molar refractivity (Wildman–Crippen MR) is 74.9 cm³/mol. The first-order chi connectivity index (χ1) is 8.79. The molecular formula is C14H14N2OS. The van der Waals surface area contributed by atoms with Gasteiger partial charge < -0.3 is 10.1 Å². The summed E-state index contributed by atoms with van der Waals surface area (Å²) in [6.45, 7) is 2.18. The van der Waals surface area contributed by atoms with Crippen molar-refractivity contribution in [1.29, 1.82) is 0 Å². The second kappa shape index (κ2) is 4.55. The number of aromatic amines is 1. The molecule has 92 valence electrons. The molecule has 2 N–H and O–H groups in total. The fraction of sp³-hybridized carbons (Fsp3) is 0.214. The van der Waals surface area contributed by atoms with Crippen LogP contribution in [0.1, 0.15) is 10.7 Å². The van der Waals surface area contributed by atoms with Crippen molar-refractivity contribution in [1.82, 2.24) is 9.97 Å². The summed E-state index contributed by atoms with van der Waals surface area (Å²) in [5, 5.41) is 11.2. The summed E-state index contributed by atoms with van der Waals surface area (Å²) in [5.74, 6) is 0. The Kier molecular flexibility index (Phi) is 2.89. The minimum atomic E-state index is 0.153. The molecule has 0 radical (unpaired) electrons. The summed E-state index contributed by atoms with van der Waals surface area (Å²) >= 11 is 1.67. The van der Waals surface area contributed by atoms with E-state index in [1.807, 2.05) is 25.3 Å². The van der Waals surface area contributed by atoms with Crippen LogP contribution < -0.4 is 0 Å². The van der Waals surface area contributed by atoms with Crippen molar-refractivity contribution < 1.29 is 5.11 Å². The lowest BCUT2D eigenvalue weighted by atomic mass is 10.1. The summed E-state index contributed by atoms with van der Waals surface area (Å²) < 4.78 is 0. The van der Waals surface area contributed by atoms with Gasteiger partial charge in [0.2, 0.25) is 0 Å². The summed E-state index contributed by atoms with van der Waals surface area (Å²) in [7, 11) is 0. The van der Waals surface area contributed by atoms with E-state index in [4.69, 9.17) is 5.11 Å². The molecule has 0 amide bonds. The molecule has 0 unspecified atom stereocenters. The SMILES string of the molecule is Cc1nc(CCO)sc1-c1c[nH]c2ccccc12. The van der Waals surface area contributed by atoms with Gasteiger partial charge in [-0.15, -0.1) is 11.3 Å². The Hall–Kier alpha value is -1.65. The van der Waals surface area contributed by atoms with Crippen LogP contribution >= 0.6 is 11.3 Å². The third-order valence-electron chi connectivity index (χ3n) is 3.00. The van der Waals surface area contributed by atoms with Crippen LogP contribution in [-0.4, -0.2) is 21.7 Å². The first-order valence-electron chi connectivity index (χ1n) is 5.93. The maximum atomic E-state index is 8.98. The van der Waals surface area contributed by atoms with E-state index < -0.39 is 0 Å². The lowest BCUT2D eigenvalue weighted by molar-refractivity contribution is 0.299. The van der Waals surface area contributed by atoms with Gasteiger partial charge in [-0.25, -0.2) is 4.98 Å². The number of aliphatic hydroxyl groups excluding tert-OH is 1. The molecule has 4 heteroatoms. The monoisotopic (exact) mass is 258 g/mol. The van der Waals surface area contributed by atoms with E-state index in [1.54, 1.807) is 11.3 Å². The number of rotatable bonds is 3. The molecule has 0 aliphatic carbocycles. The number of benzene rings is 1. The van der Waals surface area contributed by atoms with Crippen LogP contribution in [0.2, 0.25) is 0 Å². The molecule has 0 atom stereocenters. The highest BCUT2D eigenvalue weighted by atomic mass is 32.1. The number of hydrogen-bond donors (Lipinski definition) is 2. The van der Waals surface area contributed by atoms with Crippen LogP contribution in [0.4, 0.5) is 0 Å². The molecule has 0 saturated heterocycles. The van der Waals surface area contributed by atoms with Gasteiger partial charge in [-0.1, -0.05) is 18.2 Å². The Balaban J connectivity index is 2.14. The van der Waals surface area contributed by atoms with Crippen LogP contribution in [0.15, 0.2) is 30.5 Å². The minimum absolute atomic E-state index is 0.153. The lowest BCUT2D eigenvalue weighted by Crippen LogP contribution is -1.88. The first-order valence-corrected chi connectivity index (χ1v) is 6.75. The Morgan fingerprint density at radius 2 is 2.17 bits per heavy atom. The molecule has 0 fully saturated rings. The van der Waals surface area contributed by atoms with Crippen LogP contribution in [0.25, 0.3) is 21.3 Å². The predicted octanol–water partition coefficient (Wildman–Crippen LogP) is 3.13. The van der Waals surface area contributed by atoms with E-state index in [0.717, 1.165) is 16.2 Å². The van der Waals surface area contributed by atoms with Crippen molar-refractivity contribution in [2.45, 2.75) is 13.3 Å². The molecule has 1 aromatic carbocycles. The van der Waals surface area contributed by atoms with E-state index in [1.165, 1.54) is 15.8 Å². The van der Waals surface area contributed by atoms with Gasteiger partial charge in [0.15, 0.2) is 0 Å². The summed E-state index contributed by atoms with van der Waals surface area (Å²) in [6.07, 6.45) is 2.67. The molecular weight excluding hydrogens is 244 g/mol. The Labute approximate surface area is 109 Å². The molecule has 0 aliphatic heterocycles. The highest BCUT2D eigenvalue weighted by Crippen LogP contribution is 2.35. The highest BCUT2D eigenvalue weighted by molar-refractivity contribution is 7.15. The third-order valence-corrected chi connectivity index (χ3v) is 4.25. The van der Waals surface area contributed by atoms with Crippen molar-refractivity contribution >= 4 is 22.2 Å². The fourth-order valence-electron chi connectivity index (χ4n) is 2.16. The number of nitrogens with zero attached hydrogens (tertiary/aromatic N) is 1. The smallest absolute Gasteiger partial charge is 0.0957 e. The second-order valence-corrected chi connectivity index (χ2v) is 5.33. The maximum absolute atomic E-state index is 8.98. The number of para-hydroxylation sites is 1. The highest BCUT2D eigenvalue weighted by Gasteiger charge is 2.13. The average molecular weight is 258 g/mol. The number of nitrogens with one attached hydrogen (secondary N) is 1. The standard InChI is InChI=1S/C14H14N2OS/c1-9-14(18-13(16-9)6-7-17)11-8-15-12-5-3-2-4-10(11)12/h2-5,8,15,17H,6-7H2,1H3. The van der Waals surface area contributed by atoms with Gasteiger partial charge in [0.1, 0.15) is 0 Å². The van der Waals surface area contributed by atoms with Crippen molar-refractivity contribution in [3.05, 3.63) is 41.2 Å². The van der Waals surface area contributed by atoms with E-state index in [2.05, 4.69) is 22.1 Å². The Morgan fingerprint density at radius 1 is 1.33 bits per heavy atom. The van der Waals surface area contributed by atoms with Gasteiger partial charge in [0.25, 0.3) is 0 Å². The maximum Gasteiger partial charge on any atom is 0.0957 e. The van der Waals surface area contributed by atoms with E-state index in [-0.39, 0.29) is 6.61 Å². The summed E-state index contributed by atoms with van der Waals surface area (Å²) in [5.41, 5.74) is 3.38. The Bertz CT molecular complexity index is 684. The number of aliphatic hydroxyl groups is 1. The number of thiazole rings is 1. The third kappa shape index (κ3) is 1.83. The zero-order chi connectivity index (χ0) is 12.5. The largest absolute Gasteiger partial charge is 0.396 e. The van der Waals surface area contributed by atoms with Crippen LogP contribution in [0, 0.1) is 6.92 Å². The van der Waals surface area contributed by atoms with Crippen molar-refractivity contribution in [3.63, 3.8) is 0 Å². The normalized spacial score (nSPS) is 11.2. The number of fused-ring (bicyclic) bond motifs is 1. The van der Waals surface area contributed by atoms with Crippen molar-refractivity contribution in [2.24, 2.45) is 0 Å². The van der Waals surface area contributed by atoms with Gasteiger partial charge in [0.05, 0.1) is 15.6 Å². The summed E-state index contributed by atoms with van der Waals surface area (Å²) in [4.78, 5) is 8.98. The van der Waals surface area contributed by atoms with E-state index in [9.17, 15) is 0 Å². The first kappa shape index (κ1) is 11.4. The van der Waals surface area contributed by atoms with Gasteiger partial charge in [-0.2, -0.15) is 0 Å². The van der Waals surface area contributed by atoms with E-state index in [0.29, 0.717) is 6.42 Å². The molecule has 2 aromatic heterocycles. The fourth-order valence-corrected chi connectivity index (χ4v) is 3.25. The number of hydrogen-bond acceptors (Lipinski definition) is 3. The molecule has 3 nitrogen and oxygen atoms in total. The molecule has 2 heterocycles. The molecule has 3 rings (SSSR count). The quantitative estimate of drug-likeness (QED) is 0.758. The van der Waals surface area contributed by atoms with Gasteiger partial charge in [-0.3, -0.25) is 0 Å². The van der Waals surface area contributed by atoms with Crippen molar-refractivity contribution in [2.75, 3.05) is 6.61 Å². The molecule has 18 heavy (non-hydrogen) atoms. The molecule has 0 aliphatic rings. The number of aromatic nitrogens is 2.